The van der Waals surface area contributed by atoms with Crippen LogP contribution in [0.25, 0.3) is 0 Å². The van der Waals surface area contributed by atoms with Gasteiger partial charge in [0.1, 0.15) is 0 Å². The van der Waals surface area contributed by atoms with E-state index in [-0.39, 0.29) is 36.5 Å². The molecule has 39 valence electrons. The standard InChI is InChI=1S/Fe.Ni.H2O.O.Ru/h;;1H2;;/q;+1;;;/p-1. The van der Waals surface area contributed by atoms with Crippen molar-refractivity contribution in [1.29, 1.82) is 0 Å². The van der Waals surface area contributed by atoms with Gasteiger partial charge in [0.2, 0.25) is 0 Å². The Balaban J connectivity index is -0.0000000200. The Bertz CT molecular complexity index is 17.1. The molecule has 0 unspecified atom stereocenters. The van der Waals surface area contributed by atoms with Crippen LogP contribution in [0.3, 0.4) is 0 Å². The van der Waals surface area contributed by atoms with E-state index in [9.17, 15) is 0 Å². The minimum atomic E-state index is -0.625. The van der Waals surface area contributed by atoms with Gasteiger partial charge in [-0.2, -0.15) is 0 Å². The zero-order valence-corrected chi connectivity index (χ0v) is 5.71. The van der Waals surface area contributed by atoms with E-state index in [1.165, 1.54) is 0 Å². The summed E-state index contributed by atoms with van der Waals surface area (Å²) in [7, 11) is 0. The first-order valence-corrected chi connectivity index (χ1v) is 1.12. The molecule has 0 saturated heterocycles. The zero-order valence-electron chi connectivity index (χ0n) is 1.88. The third-order valence-corrected chi connectivity index (χ3v) is 0. The molecule has 0 spiro atoms. The molecule has 0 rings (SSSR count). The van der Waals surface area contributed by atoms with Gasteiger partial charge in [-0.15, -0.1) is 0 Å². The smallest absolute Gasteiger partial charge is 0 e. The summed E-state index contributed by atoms with van der Waals surface area (Å²) in [5.74, 6) is 0. The third kappa shape index (κ3) is 31.9. The van der Waals surface area contributed by atoms with Crippen LogP contribution < -0.4 is 0 Å². The van der Waals surface area contributed by atoms with Crippen LogP contribution in [0, 0.1) is 0 Å². The van der Waals surface area contributed by atoms with E-state index in [1.807, 2.05) is 0 Å². The van der Waals surface area contributed by atoms with Crippen molar-refractivity contribution in [1.82, 2.24) is 0 Å². The predicted octanol–water partition coefficient (Wildman–Crippen LogP) is -0.683. The monoisotopic (exact) mass is 249 g/mol. The van der Waals surface area contributed by atoms with Crippen LogP contribution in [-0.2, 0) is 55.1 Å². The fourth-order valence-corrected chi connectivity index (χ4v) is 0. The molecule has 0 aliphatic heterocycles. The van der Waals surface area contributed by atoms with E-state index >= 15 is 0 Å². The number of hydrogen-bond donors (Lipinski definition) is 1. The summed E-state index contributed by atoms with van der Waals surface area (Å²) in [6, 6.07) is 0. The summed E-state index contributed by atoms with van der Waals surface area (Å²) in [5, 5.41) is 0. The second-order valence-electron chi connectivity index (χ2n) is 0.0577. The van der Waals surface area contributed by atoms with Crippen molar-refractivity contribution in [3.8, 4) is 0 Å². The molecule has 2 nitrogen and oxygen atoms in total. The molecule has 5 heteroatoms. The van der Waals surface area contributed by atoms with E-state index < -0.39 is 14.7 Å². The molecule has 0 fully saturated rings. The second-order valence-corrected chi connectivity index (χ2v) is 0.238. The van der Waals surface area contributed by atoms with E-state index in [1.54, 1.807) is 0 Å². The summed E-state index contributed by atoms with van der Waals surface area (Å²) < 4.78 is 15.4. The van der Waals surface area contributed by atoms with Gasteiger partial charge < -0.3 is 0 Å². The van der Waals surface area contributed by atoms with Crippen molar-refractivity contribution in [3.63, 3.8) is 0 Å². The molecule has 0 aliphatic carbocycles. The van der Waals surface area contributed by atoms with Crippen molar-refractivity contribution in [2.45, 2.75) is 0 Å². The van der Waals surface area contributed by atoms with Gasteiger partial charge in [0.05, 0.1) is 0 Å². The molecule has 0 amide bonds. The van der Waals surface area contributed by atoms with Crippen LogP contribution in [0.1, 0.15) is 0 Å². The number of hydrogen-bond acceptors (Lipinski definition) is 1. The maximum atomic E-state index is 8.42. The second kappa shape index (κ2) is 18.2. The summed E-state index contributed by atoms with van der Waals surface area (Å²) in [6.45, 7) is 0. The molecule has 0 aromatic carbocycles. The van der Waals surface area contributed by atoms with Crippen molar-refractivity contribution < 1.29 is 59.4 Å². The van der Waals surface area contributed by atoms with E-state index in [0.717, 1.165) is 0 Å². The Morgan fingerprint density at radius 3 is 1.60 bits per heavy atom. The molecule has 0 radical (unpaired) electrons. The van der Waals surface area contributed by atoms with Gasteiger partial charge in [-0.25, -0.2) is 0 Å². The minimum Gasteiger partial charge on any atom is 0 e. The van der Waals surface area contributed by atoms with Crippen LogP contribution in [0.2, 0.25) is 0 Å². The molecule has 0 aromatic heterocycles. The van der Waals surface area contributed by atoms with Gasteiger partial charge in [0, 0.05) is 36.5 Å². The third-order valence-electron chi connectivity index (χ3n) is 0. The van der Waals surface area contributed by atoms with Gasteiger partial charge in [-0.05, 0) is 0 Å². The molecule has 0 aromatic rings. The molecular weight excluding hydrogens is 248 g/mol. The molecule has 0 aliphatic rings. The maximum Gasteiger partial charge on any atom is 0 e. The Hall–Kier alpha value is 1.40. The summed E-state index contributed by atoms with van der Waals surface area (Å²) in [5.41, 5.74) is 0. The van der Waals surface area contributed by atoms with Crippen LogP contribution in [-0.4, -0.2) is 4.25 Å². The van der Waals surface area contributed by atoms with Crippen molar-refractivity contribution in [2.24, 2.45) is 0 Å². The molecule has 5 heavy (non-hydrogen) atoms. The molecule has 0 atom stereocenters. The topological polar surface area (TPSA) is 37.3 Å². The van der Waals surface area contributed by atoms with Gasteiger partial charge in [0.25, 0.3) is 0 Å². The van der Waals surface area contributed by atoms with E-state index in [2.05, 4.69) is 0 Å². The van der Waals surface area contributed by atoms with Crippen molar-refractivity contribution >= 4 is 0 Å². The molecule has 0 heterocycles. The molecular formula is HFeNiO2Ru. The van der Waals surface area contributed by atoms with Gasteiger partial charge in [-0.1, -0.05) is 0 Å². The Kier molecular flexibility index (Phi) is 58.7. The largest absolute Gasteiger partial charge is 0 e. The maximum absolute atomic E-state index is 8.42. The van der Waals surface area contributed by atoms with Gasteiger partial charge >= 0.3 is 22.8 Å². The van der Waals surface area contributed by atoms with Crippen molar-refractivity contribution in [2.75, 3.05) is 0 Å². The first-order valence-electron chi connectivity index (χ1n) is 0.271. The first kappa shape index (κ1) is 16.1. The van der Waals surface area contributed by atoms with Crippen molar-refractivity contribution in [3.05, 3.63) is 0 Å². The number of rotatable bonds is 0. The zero-order chi connectivity index (χ0) is 2.71. The average molecular weight is 249 g/mol. The molecule has 0 saturated carbocycles. The quantitative estimate of drug-likeness (QED) is 0.577. The molecule has 1 N–H and O–H groups in total. The molecule has 0 bridgehead atoms. The summed E-state index contributed by atoms with van der Waals surface area (Å²) in [6.07, 6.45) is 0. The van der Waals surface area contributed by atoms with Crippen LogP contribution >= 0.6 is 0 Å². The Labute approximate surface area is 59.2 Å². The summed E-state index contributed by atoms with van der Waals surface area (Å²) in [4.78, 5) is 0. The van der Waals surface area contributed by atoms with E-state index in [0.29, 0.717) is 0 Å². The Morgan fingerprint density at radius 2 is 1.60 bits per heavy atom. The van der Waals surface area contributed by atoms with Gasteiger partial charge in [0.15, 0.2) is 0 Å². The summed E-state index contributed by atoms with van der Waals surface area (Å²) >= 11 is -0.625. The van der Waals surface area contributed by atoms with Crippen LogP contribution in [0.4, 0.5) is 0 Å². The fourth-order valence-electron chi connectivity index (χ4n) is 0. The van der Waals surface area contributed by atoms with Crippen LogP contribution in [0.5, 0.6) is 0 Å². The van der Waals surface area contributed by atoms with Gasteiger partial charge in [-0.3, -0.25) is 0 Å². The average Bonchev–Trinajstić information content (AvgIpc) is 0.918. The predicted molar refractivity (Wildman–Crippen MR) is 2.91 cm³/mol. The van der Waals surface area contributed by atoms with Crippen LogP contribution in [0.15, 0.2) is 0 Å². The fraction of sp³-hybridized carbons (Fsp3) is 0. The normalized spacial score (nSPS) is 4.20. The minimum absolute atomic E-state index is 0. The SMILES string of the molecule is [Fe].[O]=[Ni][OH].[Ru]. The Morgan fingerprint density at radius 1 is 1.60 bits per heavy atom. The van der Waals surface area contributed by atoms with E-state index in [4.69, 9.17) is 8.15 Å². The first-order chi connectivity index (χ1) is 1.41.